The smallest absolute Gasteiger partial charge is 0.230 e. The molecule has 0 aliphatic carbocycles. The monoisotopic (exact) mass is 237 g/mol. The Kier molecular flexibility index (Phi) is 4.95. The summed E-state index contributed by atoms with van der Waals surface area (Å²) in [5, 5.41) is 12.0. The van der Waals surface area contributed by atoms with Crippen LogP contribution < -0.4 is 5.32 Å². The number of nitrogens with zero attached hydrogens (tertiary/aromatic N) is 2. The Labute approximate surface area is 104 Å². The molecule has 0 spiro atoms. The fourth-order valence-electron chi connectivity index (χ4n) is 2.45. The zero-order valence-corrected chi connectivity index (χ0v) is 11.1. The Morgan fingerprint density at radius 2 is 2.35 bits per heavy atom. The number of hydrogen-bond donors (Lipinski definition) is 1. The lowest BCUT2D eigenvalue weighted by atomic mass is 9.77. The summed E-state index contributed by atoms with van der Waals surface area (Å²) >= 11 is 0. The van der Waals surface area contributed by atoms with Gasteiger partial charge in [-0.05, 0) is 32.7 Å². The summed E-state index contributed by atoms with van der Waals surface area (Å²) in [6, 6.07) is 2.13. The number of carbonyl (C=O) groups excluding carboxylic acids is 1. The second-order valence-corrected chi connectivity index (χ2v) is 5.04. The van der Waals surface area contributed by atoms with Crippen molar-refractivity contribution in [2.45, 2.75) is 45.6 Å². The van der Waals surface area contributed by atoms with Gasteiger partial charge >= 0.3 is 0 Å². The van der Waals surface area contributed by atoms with Crippen LogP contribution in [-0.2, 0) is 4.79 Å². The van der Waals surface area contributed by atoms with Crippen molar-refractivity contribution < 1.29 is 4.79 Å². The van der Waals surface area contributed by atoms with Crippen LogP contribution in [0.1, 0.15) is 39.5 Å². The lowest BCUT2D eigenvalue weighted by Crippen LogP contribution is -2.52. The third-order valence-corrected chi connectivity index (χ3v) is 3.97. The molecule has 1 heterocycles. The minimum absolute atomic E-state index is 0.00199. The van der Waals surface area contributed by atoms with E-state index in [-0.39, 0.29) is 17.4 Å². The van der Waals surface area contributed by atoms with Gasteiger partial charge in [0.1, 0.15) is 0 Å². The molecule has 1 N–H and O–H groups in total. The number of nitrogens with one attached hydrogen (secondary N) is 1. The van der Waals surface area contributed by atoms with Gasteiger partial charge in [-0.2, -0.15) is 5.26 Å². The standard InChI is InChI=1S/C13H23N3O/c1-4-13(7-5-9-15-10-13)12(17)16(3)11(2)6-8-14/h11,15H,4-7,9-10H2,1-3H3. The van der Waals surface area contributed by atoms with Crippen LogP contribution in [0.5, 0.6) is 0 Å². The molecule has 1 aliphatic heterocycles. The lowest BCUT2D eigenvalue weighted by Gasteiger charge is -2.39. The van der Waals surface area contributed by atoms with E-state index in [4.69, 9.17) is 5.26 Å². The highest BCUT2D eigenvalue weighted by molar-refractivity contribution is 5.83. The minimum Gasteiger partial charge on any atom is -0.341 e. The molecule has 0 aromatic carbocycles. The van der Waals surface area contributed by atoms with Gasteiger partial charge in [0, 0.05) is 19.6 Å². The number of carbonyl (C=O) groups is 1. The molecule has 4 heteroatoms. The van der Waals surface area contributed by atoms with Gasteiger partial charge in [-0.25, -0.2) is 0 Å². The summed E-state index contributed by atoms with van der Waals surface area (Å²) in [6.45, 7) is 5.78. The van der Waals surface area contributed by atoms with Gasteiger partial charge in [-0.15, -0.1) is 0 Å². The fraction of sp³-hybridized carbons (Fsp3) is 0.846. The van der Waals surface area contributed by atoms with Crippen molar-refractivity contribution in [2.24, 2.45) is 5.41 Å². The Bertz CT molecular complexity index is 302. The molecule has 2 unspecified atom stereocenters. The quantitative estimate of drug-likeness (QED) is 0.806. The molecule has 4 nitrogen and oxygen atoms in total. The summed E-state index contributed by atoms with van der Waals surface area (Å²) in [5.74, 6) is 0.190. The van der Waals surface area contributed by atoms with Gasteiger partial charge in [0.25, 0.3) is 0 Å². The van der Waals surface area contributed by atoms with Crippen molar-refractivity contribution in [3.05, 3.63) is 0 Å². The first kappa shape index (κ1) is 14.0. The maximum absolute atomic E-state index is 12.5. The SMILES string of the molecule is CCC1(C(=O)N(C)C(C)CC#N)CCCNC1. The molecular formula is C13H23N3O. The Balaban J connectivity index is 2.75. The van der Waals surface area contributed by atoms with Gasteiger partial charge in [-0.1, -0.05) is 6.92 Å². The average Bonchev–Trinajstić information content (AvgIpc) is 2.38. The second-order valence-electron chi connectivity index (χ2n) is 5.04. The van der Waals surface area contributed by atoms with E-state index in [0.29, 0.717) is 6.42 Å². The number of hydrogen-bond acceptors (Lipinski definition) is 3. The summed E-state index contributed by atoms with van der Waals surface area (Å²) < 4.78 is 0. The van der Waals surface area contributed by atoms with Gasteiger partial charge in [0.05, 0.1) is 17.9 Å². The highest BCUT2D eigenvalue weighted by atomic mass is 16.2. The van der Waals surface area contributed by atoms with Crippen molar-refractivity contribution >= 4 is 5.91 Å². The third kappa shape index (κ3) is 2.98. The van der Waals surface area contributed by atoms with Gasteiger partial charge in [-0.3, -0.25) is 4.79 Å². The van der Waals surface area contributed by atoms with E-state index in [1.54, 1.807) is 4.90 Å². The van der Waals surface area contributed by atoms with Crippen LogP contribution in [0.3, 0.4) is 0 Å². The first-order valence-corrected chi connectivity index (χ1v) is 6.42. The van der Waals surface area contributed by atoms with Crippen LogP contribution >= 0.6 is 0 Å². The van der Waals surface area contributed by atoms with Crippen LogP contribution in [0.25, 0.3) is 0 Å². The first-order valence-electron chi connectivity index (χ1n) is 6.42. The molecular weight excluding hydrogens is 214 g/mol. The topological polar surface area (TPSA) is 56.1 Å². The Morgan fingerprint density at radius 1 is 1.65 bits per heavy atom. The van der Waals surface area contributed by atoms with Gasteiger partial charge in [0.15, 0.2) is 0 Å². The fourth-order valence-corrected chi connectivity index (χ4v) is 2.45. The molecule has 0 saturated carbocycles. The van der Waals surface area contributed by atoms with Crippen LogP contribution in [0, 0.1) is 16.7 Å². The largest absolute Gasteiger partial charge is 0.341 e. The van der Waals surface area contributed by atoms with E-state index in [1.807, 2.05) is 14.0 Å². The molecule has 0 aromatic heterocycles. The lowest BCUT2D eigenvalue weighted by molar-refractivity contribution is -0.144. The van der Waals surface area contributed by atoms with Crippen LogP contribution in [0.15, 0.2) is 0 Å². The number of rotatable bonds is 4. The molecule has 1 fully saturated rings. The van der Waals surface area contributed by atoms with Crippen LogP contribution in [0.4, 0.5) is 0 Å². The maximum Gasteiger partial charge on any atom is 0.230 e. The molecule has 0 bridgehead atoms. The van der Waals surface area contributed by atoms with E-state index in [9.17, 15) is 4.79 Å². The first-order chi connectivity index (χ1) is 8.07. The van der Waals surface area contributed by atoms with Gasteiger partial charge in [0.2, 0.25) is 5.91 Å². The predicted molar refractivity (Wildman–Crippen MR) is 67.3 cm³/mol. The number of amides is 1. The van der Waals surface area contributed by atoms with E-state index in [1.165, 1.54) is 0 Å². The van der Waals surface area contributed by atoms with E-state index < -0.39 is 0 Å². The van der Waals surface area contributed by atoms with Crippen molar-refractivity contribution in [3.63, 3.8) is 0 Å². The number of nitriles is 1. The molecule has 2 atom stereocenters. The molecule has 1 saturated heterocycles. The summed E-state index contributed by atoms with van der Waals surface area (Å²) in [5.41, 5.74) is -0.253. The molecule has 0 radical (unpaired) electrons. The summed E-state index contributed by atoms with van der Waals surface area (Å²) in [6.07, 6.45) is 3.27. The van der Waals surface area contributed by atoms with Crippen molar-refractivity contribution in [2.75, 3.05) is 20.1 Å². The molecule has 1 rings (SSSR count). The molecule has 1 amide bonds. The zero-order chi connectivity index (χ0) is 12.9. The highest BCUT2D eigenvalue weighted by Crippen LogP contribution is 2.32. The highest BCUT2D eigenvalue weighted by Gasteiger charge is 2.40. The Morgan fingerprint density at radius 3 is 2.82 bits per heavy atom. The average molecular weight is 237 g/mol. The number of piperidine rings is 1. The van der Waals surface area contributed by atoms with Crippen molar-refractivity contribution in [1.29, 1.82) is 5.26 Å². The zero-order valence-electron chi connectivity index (χ0n) is 11.1. The maximum atomic E-state index is 12.5. The van der Waals surface area contributed by atoms with E-state index in [2.05, 4.69) is 18.3 Å². The van der Waals surface area contributed by atoms with Gasteiger partial charge < -0.3 is 10.2 Å². The van der Waals surface area contributed by atoms with Crippen molar-refractivity contribution in [1.82, 2.24) is 10.2 Å². The minimum atomic E-state index is -0.253. The molecule has 96 valence electrons. The van der Waals surface area contributed by atoms with E-state index in [0.717, 1.165) is 32.4 Å². The molecule has 0 aromatic rings. The predicted octanol–water partition coefficient (Wildman–Crippen LogP) is 1.53. The molecule has 17 heavy (non-hydrogen) atoms. The third-order valence-electron chi connectivity index (χ3n) is 3.97. The Hall–Kier alpha value is -1.08. The summed E-state index contributed by atoms with van der Waals surface area (Å²) in [4.78, 5) is 14.3. The van der Waals surface area contributed by atoms with E-state index >= 15 is 0 Å². The molecule has 1 aliphatic rings. The normalized spacial score (nSPS) is 26.0. The van der Waals surface area contributed by atoms with Crippen LogP contribution in [0.2, 0.25) is 0 Å². The van der Waals surface area contributed by atoms with Crippen LogP contribution in [-0.4, -0.2) is 37.0 Å². The second kappa shape index (κ2) is 6.02. The van der Waals surface area contributed by atoms with Crippen molar-refractivity contribution in [3.8, 4) is 6.07 Å². The summed E-state index contributed by atoms with van der Waals surface area (Å²) in [7, 11) is 1.82.